The molecule has 2 rings (SSSR count). The Labute approximate surface area is 89.3 Å². The quantitative estimate of drug-likeness (QED) is 0.693. The third-order valence-electron chi connectivity index (χ3n) is 3.33. The number of rotatable bonds is 3. The van der Waals surface area contributed by atoms with Gasteiger partial charge >= 0.3 is 0 Å². The molecular weight excluding hydrogens is 191 g/mol. The summed E-state index contributed by atoms with van der Waals surface area (Å²) in [7, 11) is 0. The fourth-order valence-corrected chi connectivity index (χ4v) is 2.52. The van der Waals surface area contributed by atoms with Crippen molar-refractivity contribution in [3.05, 3.63) is 35.4 Å². The summed E-state index contributed by atoms with van der Waals surface area (Å²) in [6.07, 6.45) is 3.98. The van der Waals surface area contributed by atoms with E-state index in [9.17, 15) is 9.18 Å². The van der Waals surface area contributed by atoms with Gasteiger partial charge < -0.3 is 0 Å². The van der Waals surface area contributed by atoms with Crippen LogP contribution < -0.4 is 0 Å². The molecule has 0 bridgehead atoms. The highest BCUT2D eigenvalue weighted by atomic mass is 19.1. The van der Waals surface area contributed by atoms with Gasteiger partial charge in [0.05, 0.1) is 6.67 Å². The topological polar surface area (TPSA) is 17.1 Å². The van der Waals surface area contributed by atoms with Crippen molar-refractivity contribution in [1.29, 1.82) is 0 Å². The van der Waals surface area contributed by atoms with Crippen LogP contribution >= 0.6 is 0 Å². The lowest BCUT2D eigenvalue weighted by Gasteiger charge is -2.17. The number of carbonyl (C=O) groups is 1. The summed E-state index contributed by atoms with van der Waals surface area (Å²) in [5.74, 6) is 0.474. The van der Waals surface area contributed by atoms with Crippen molar-refractivity contribution in [1.82, 2.24) is 0 Å². The maximum Gasteiger partial charge on any atom is 0.150 e. The van der Waals surface area contributed by atoms with Crippen LogP contribution in [0, 0.1) is 5.92 Å². The Hall–Kier alpha value is -1.18. The van der Waals surface area contributed by atoms with Crippen molar-refractivity contribution < 1.29 is 9.18 Å². The van der Waals surface area contributed by atoms with Gasteiger partial charge in [-0.05, 0) is 36.3 Å². The van der Waals surface area contributed by atoms with Gasteiger partial charge in [0.25, 0.3) is 0 Å². The molecule has 0 spiro atoms. The monoisotopic (exact) mass is 206 g/mol. The standard InChI is InChI=1S/C13H15FO/c14-8-12-5-2-6-13(12)11-4-1-3-10(7-11)9-15/h1,3-4,7,9,12-13H,2,5-6,8H2. The van der Waals surface area contributed by atoms with Crippen LogP contribution in [0.4, 0.5) is 4.39 Å². The molecule has 0 radical (unpaired) electrons. The summed E-state index contributed by atoms with van der Waals surface area (Å²) < 4.78 is 12.7. The number of hydrogen-bond acceptors (Lipinski definition) is 1. The second-order valence-electron chi connectivity index (χ2n) is 4.24. The van der Waals surface area contributed by atoms with Crippen LogP contribution in [-0.2, 0) is 0 Å². The lowest BCUT2D eigenvalue weighted by molar-refractivity contribution is 0.112. The molecule has 80 valence electrons. The summed E-state index contributed by atoms with van der Waals surface area (Å²) >= 11 is 0. The zero-order chi connectivity index (χ0) is 10.7. The Kier molecular flexibility index (Phi) is 3.14. The largest absolute Gasteiger partial charge is 0.298 e. The van der Waals surface area contributed by atoms with Gasteiger partial charge in [0, 0.05) is 5.56 Å². The first kappa shape index (κ1) is 10.3. The van der Waals surface area contributed by atoms with E-state index >= 15 is 0 Å². The summed E-state index contributed by atoms with van der Waals surface area (Å²) in [5, 5.41) is 0. The molecule has 2 atom stereocenters. The summed E-state index contributed by atoms with van der Waals surface area (Å²) in [5.41, 5.74) is 1.82. The van der Waals surface area contributed by atoms with Crippen LogP contribution in [0.3, 0.4) is 0 Å². The fourth-order valence-electron chi connectivity index (χ4n) is 2.52. The van der Waals surface area contributed by atoms with Crippen molar-refractivity contribution >= 4 is 6.29 Å². The van der Waals surface area contributed by atoms with Gasteiger partial charge in [-0.25, -0.2) is 0 Å². The van der Waals surface area contributed by atoms with Gasteiger partial charge in [0.15, 0.2) is 0 Å². The molecule has 1 aromatic rings. The maximum atomic E-state index is 12.7. The van der Waals surface area contributed by atoms with Gasteiger partial charge in [0.2, 0.25) is 0 Å². The van der Waals surface area contributed by atoms with Crippen molar-refractivity contribution in [2.75, 3.05) is 6.67 Å². The predicted octanol–water partition coefficient (Wildman–Crippen LogP) is 3.35. The molecule has 1 aliphatic carbocycles. The smallest absolute Gasteiger partial charge is 0.150 e. The molecule has 1 saturated carbocycles. The molecule has 1 fully saturated rings. The number of halogens is 1. The molecule has 1 aromatic carbocycles. The van der Waals surface area contributed by atoms with Gasteiger partial charge in [-0.1, -0.05) is 24.6 Å². The average Bonchev–Trinajstić information content (AvgIpc) is 2.77. The lowest BCUT2D eigenvalue weighted by atomic mass is 9.89. The van der Waals surface area contributed by atoms with Crippen molar-refractivity contribution in [3.8, 4) is 0 Å². The van der Waals surface area contributed by atoms with Crippen LogP contribution in [0.15, 0.2) is 24.3 Å². The zero-order valence-corrected chi connectivity index (χ0v) is 8.66. The maximum absolute atomic E-state index is 12.7. The number of aldehydes is 1. The third-order valence-corrected chi connectivity index (χ3v) is 3.33. The molecule has 2 unspecified atom stereocenters. The van der Waals surface area contributed by atoms with Gasteiger partial charge in [-0.15, -0.1) is 0 Å². The third kappa shape index (κ3) is 2.09. The van der Waals surface area contributed by atoms with Gasteiger partial charge in [-0.2, -0.15) is 0 Å². The van der Waals surface area contributed by atoms with Crippen molar-refractivity contribution in [2.24, 2.45) is 5.92 Å². The van der Waals surface area contributed by atoms with E-state index < -0.39 is 0 Å². The van der Waals surface area contributed by atoms with Crippen LogP contribution in [-0.4, -0.2) is 13.0 Å². The van der Waals surface area contributed by atoms with E-state index in [1.807, 2.05) is 18.2 Å². The summed E-state index contributed by atoms with van der Waals surface area (Å²) in [4.78, 5) is 10.7. The molecule has 2 heteroatoms. The molecule has 1 aliphatic rings. The summed E-state index contributed by atoms with van der Waals surface area (Å²) in [6, 6.07) is 7.57. The zero-order valence-electron chi connectivity index (χ0n) is 8.66. The molecule has 15 heavy (non-hydrogen) atoms. The van der Waals surface area contributed by atoms with E-state index in [0.29, 0.717) is 11.5 Å². The number of carbonyl (C=O) groups excluding carboxylic acids is 1. The minimum Gasteiger partial charge on any atom is -0.298 e. The first-order valence-corrected chi connectivity index (χ1v) is 5.46. The van der Waals surface area contributed by atoms with E-state index in [-0.39, 0.29) is 12.6 Å². The predicted molar refractivity (Wildman–Crippen MR) is 57.9 cm³/mol. The minimum atomic E-state index is -0.240. The fraction of sp³-hybridized carbons (Fsp3) is 0.462. The first-order chi connectivity index (χ1) is 7.35. The van der Waals surface area contributed by atoms with E-state index in [1.54, 1.807) is 6.07 Å². The lowest BCUT2D eigenvalue weighted by Crippen LogP contribution is -2.08. The molecule has 0 aromatic heterocycles. The second kappa shape index (κ2) is 4.56. The highest BCUT2D eigenvalue weighted by Gasteiger charge is 2.28. The van der Waals surface area contributed by atoms with Gasteiger partial charge in [-0.3, -0.25) is 9.18 Å². The first-order valence-electron chi connectivity index (χ1n) is 5.46. The van der Waals surface area contributed by atoms with Gasteiger partial charge in [0.1, 0.15) is 6.29 Å². The van der Waals surface area contributed by atoms with Crippen LogP contribution in [0.5, 0.6) is 0 Å². The summed E-state index contributed by atoms with van der Waals surface area (Å²) in [6.45, 7) is -0.240. The Balaban J connectivity index is 2.24. The van der Waals surface area contributed by atoms with E-state index in [4.69, 9.17) is 0 Å². The van der Waals surface area contributed by atoms with Crippen LogP contribution in [0.25, 0.3) is 0 Å². The molecular formula is C13H15FO. The Morgan fingerprint density at radius 3 is 3.00 bits per heavy atom. The average molecular weight is 206 g/mol. The van der Waals surface area contributed by atoms with E-state index in [2.05, 4.69) is 0 Å². The highest BCUT2D eigenvalue weighted by molar-refractivity contribution is 5.75. The normalized spacial score (nSPS) is 25.4. The minimum absolute atomic E-state index is 0.159. The second-order valence-corrected chi connectivity index (χ2v) is 4.24. The Morgan fingerprint density at radius 1 is 1.40 bits per heavy atom. The number of alkyl halides is 1. The molecule has 0 aliphatic heterocycles. The highest BCUT2D eigenvalue weighted by Crippen LogP contribution is 2.39. The van der Waals surface area contributed by atoms with E-state index in [0.717, 1.165) is 31.1 Å². The number of hydrogen-bond donors (Lipinski definition) is 0. The van der Waals surface area contributed by atoms with Crippen LogP contribution in [0.2, 0.25) is 0 Å². The molecule has 0 amide bonds. The molecule has 0 N–H and O–H groups in total. The Bertz CT molecular complexity index is 348. The van der Waals surface area contributed by atoms with Crippen molar-refractivity contribution in [2.45, 2.75) is 25.2 Å². The SMILES string of the molecule is O=Cc1cccc(C2CCCC2CF)c1. The Morgan fingerprint density at radius 2 is 2.27 bits per heavy atom. The molecule has 1 nitrogen and oxygen atoms in total. The number of benzene rings is 1. The van der Waals surface area contributed by atoms with E-state index in [1.165, 1.54) is 0 Å². The molecule has 0 heterocycles. The molecule has 0 saturated heterocycles. The van der Waals surface area contributed by atoms with Crippen LogP contribution in [0.1, 0.15) is 41.1 Å². The van der Waals surface area contributed by atoms with Crippen molar-refractivity contribution in [3.63, 3.8) is 0 Å².